The predicted molar refractivity (Wildman–Crippen MR) is 80.1 cm³/mol. The van der Waals surface area contributed by atoms with Gasteiger partial charge in [-0.25, -0.2) is 18.4 Å². The Balaban J connectivity index is 2.59. The van der Waals surface area contributed by atoms with E-state index in [9.17, 15) is 18.0 Å². The monoisotopic (exact) mass is 326 g/mol. The van der Waals surface area contributed by atoms with Gasteiger partial charge in [0.15, 0.2) is 6.61 Å². The van der Waals surface area contributed by atoms with Crippen LogP contribution in [0.5, 0.6) is 0 Å². The number of nitrogens with one attached hydrogen (secondary N) is 1. The van der Waals surface area contributed by atoms with Gasteiger partial charge in [0.2, 0.25) is 10.0 Å². The highest BCUT2D eigenvalue weighted by Crippen LogP contribution is 2.15. The van der Waals surface area contributed by atoms with Crippen LogP contribution < -0.4 is 10.5 Å². The van der Waals surface area contributed by atoms with Crippen molar-refractivity contribution in [1.29, 1.82) is 0 Å². The predicted octanol–water partition coefficient (Wildman–Crippen LogP) is 0.631. The molecule has 0 unspecified atom stereocenters. The number of benzene rings is 1. The molecule has 1 aromatic carbocycles. The normalized spacial score (nSPS) is 12.9. The molecule has 7 nitrogen and oxygen atoms in total. The van der Waals surface area contributed by atoms with E-state index in [4.69, 9.17) is 9.88 Å². The number of ether oxygens (including phenoxy) is 1. The molecule has 1 amide bonds. The van der Waals surface area contributed by atoms with Crippen LogP contribution in [0, 0.1) is 0 Å². The summed E-state index contributed by atoms with van der Waals surface area (Å²) in [5.74, 6) is -1.05. The maximum Gasteiger partial charge on any atom is 0.330 e. The van der Waals surface area contributed by atoms with Crippen LogP contribution >= 0.6 is 0 Å². The highest BCUT2D eigenvalue weighted by Gasteiger charge is 2.13. The lowest BCUT2D eigenvalue weighted by Crippen LogP contribution is -2.30. The van der Waals surface area contributed by atoms with E-state index < -0.39 is 21.9 Å². The zero-order chi connectivity index (χ0) is 16.8. The summed E-state index contributed by atoms with van der Waals surface area (Å²) in [6.07, 6.45) is 2.72. The first-order chi connectivity index (χ1) is 10.2. The van der Waals surface area contributed by atoms with Gasteiger partial charge in [-0.05, 0) is 31.5 Å². The zero-order valence-corrected chi connectivity index (χ0v) is 13.1. The Hall–Kier alpha value is -2.19. The Kier molecular flexibility index (Phi) is 6.26. The second kappa shape index (κ2) is 7.71. The number of carbonyl (C=O) groups excluding carboxylic acids is 2. The molecule has 0 radical (unpaired) electrons. The molecule has 0 aliphatic rings. The summed E-state index contributed by atoms with van der Waals surface area (Å²) in [5, 5.41) is 7.64. The van der Waals surface area contributed by atoms with Gasteiger partial charge >= 0.3 is 5.97 Å². The van der Waals surface area contributed by atoms with Crippen molar-refractivity contribution in [3.05, 3.63) is 42.0 Å². The van der Waals surface area contributed by atoms with E-state index in [1.54, 1.807) is 26.0 Å². The maximum atomic E-state index is 11.6. The minimum atomic E-state index is -3.74. The molecule has 0 aliphatic carbocycles. The second-order valence-electron chi connectivity index (χ2n) is 4.51. The Morgan fingerprint density at radius 3 is 2.41 bits per heavy atom. The van der Waals surface area contributed by atoms with E-state index >= 15 is 0 Å². The number of hydrogen-bond donors (Lipinski definition) is 2. The molecule has 0 saturated carbocycles. The van der Waals surface area contributed by atoms with Crippen molar-refractivity contribution >= 4 is 21.9 Å². The standard InChI is InChI=1S/C14H18N2O5S/c1-3-4-14(18)21-9-13(17)16-10(2)11-5-7-12(8-6-11)22(15,19)20/h3-8,10H,9H2,1-2H3,(H,16,17)(H2,15,19,20)/b4-3+/t10-/m0/s1. The van der Waals surface area contributed by atoms with Gasteiger partial charge in [0.1, 0.15) is 0 Å². The van der Waals surface area contributed by atoms with E-state index in [1.807, 2.05) is 0 Å². The smallest absolute Gasteiger partial charge is 0.330 e. The number of amides is 1. The number of primary sulfonamides is 1. The van der Waals surface area contributed by atoms with E-state index in [0.717, 1.165) is 0 Å². The molecule has 1 aromatic rings. The average molecular weight is 326 g/mol. The highest BCUT2D eigenvalue weighted by molar-refractivity contribution is 7.89. The van der Waals surface area contributed by atoms with Gasteiger partial charge in [0.05, 0.1) is 10.9 Å². The van der Waals surface area contributed by atoms with Crippen molar-refractivity contribution in [3.8, 4) is 0 Å². The molecule has 0 aliphatic heterocycles. The molecule has 0 heterocycles. The number of esters is 1. The summed E-state index contributed by atoms with van der Waals surface area (Å²) in [4.78, 5) is 22.7. The molecule has 22 heavy (non-hydrogen) atoms. The summed E-state index contributed by atoms with van der Waals surface area (Å²) in [7, 11) is -3.74. The van der Waals surface area contributed by atoms with E-state index in [1.165, 1.54) is 24.3 Å². The number of rotatable bonds is 6. The number of hydrogen-bond acceptors (Lipinski definition) is 5. The minimum absolute atomic E-state index is 0.00457. The van der Waals surface area contributed by atoms with Crippen LogP contribution in [0.1, 0.15) is 25.5 Å². The Labute approximate surface area is 129 Å². The van der Waals surface area contributed by atoms with Gasteiger partial charge in [-0.3, -0.25) is 4.79 Å². The number of sulfonamides is 1. The fourth-order valence-electron chi connectivity index (χ4n) is 1.63. The molecule has 0 aromatic heterocycles. The van der Waals surface area contributed by atoms with Crippen molar-refractivity contribution in [2.45, 2.75) is 24.8 Å². The van der Waals surface area contributed by atoms with Crippen LogP contribution in [-0.2, 0) is 24.3 Å². The molecular weight excluding hydrogens is 308 g/mol. The lowest BCUT2D eigenvalue weighted by molar-refractivity contribution is -0.144. The largest absolute Gasteiger partial charge is 0.452 e. The molecular formula is C14H18N2O5S. The molecule has 3 N–H and O–H groups in total. The summed E-state index contributed by atoms with van der Waals surface area (Å²) < 4.78 is 27.0. The lowest BCUT2D eigenvalue weighted by Gasteiger charge is -2.14. The van der Waals surface area contributed by atoms with Gasteiger partial charge < -0.3 is 10.1 Å². The summed E-state index contributed by atoms with van der Waals surface area (Å²) in [5.41, 5.74) is 0.695. The van der Waals surface area contributed by atoms with Gasteiger partial charge in [-0.1, -0.05) is 18.2 Å². The summed E-state index contributed by atoms with van der Waals surface area (Å²) in [6, 6.07) is 5.45. The topological polar surface area (TPSA) is 116 Å². The quantitative estimate of drug-likeness (QED) is 0.587. The SMILES string of the molecule is C/C=C/C(=O)OCC(=O)N[C@@H](C)c1ccc(S(N)(=O)=O)cc1. The van der Waals surface area contributed by atoms with Crippen molar-refractivity contribution in [1.82, 2.24) is 5.32 Å². The maximum absolute atomic E-state index is 11.6. The first-order valence-corrected chi connectivity index (χ1v) is 8.00. The van der Waals surface area contributed by atoms with Crippen LogP contribution in [-0.4, -0.2) is 26.9 Å². The third-order valence-corrected chi connectivity index (χ3v) is 3.66. The van der Waals surface area contributed by atoms with Crippen LogP contribution in [0.25, 0.3) is 0 Å². The molecule has 8 heteroatoms. The van der Waals surface area contributed by atoms with Gasteiger partial charge in [-0.15, -0.1) is 0 Å². The molecule has 1 atom stereocenters. The molecule has 120 valence electrons. The van der Waals surface area contributed by atoms with E-state index in [2.05, 4.69) is 5.32 Å². The van der Waals surface area contributed by atoms with Gasteiger partial charge in [0, 0.05) is 6.08 Å². The Morgan fingerprint density at radius 2 is 1.91 bits per heavy atom. The van der Waals surface area contributed by atoms with Gasteiger partial charge in [-0.2, -0.15) is 0 Å². The highest BCUT2D eigenvalue weighted by atomic mass is 32.2. The first-order valence-electron chi connectivity index (χ1n) is 6.45. The summed E-state index contributed by atoms with van der Waals surface area (Å²) >= 11 is 0. The van der Waals surface area contributed by atoms with Crippen LogP contribution in [0.3, 0.4) is 0 Å². The fourth-order valence-corrected chi connectivity index (χ4v) is 2.15. The molecule has 0 bridgehead atoms. The van der Waals surface area contributed by atoms with Crippen LogP contribution in [0.15, 0.2) is 41.3 Å². The number of allylic oxidation sites excluding steroid dienone is 1. The van der Waals surface area contributed by atoms with Crippen LogP contribution in [0.4, 0.5) is 0 Å². The van der Waals surface area contributed by atoms with Crippen molar-refractivity contribution in [2.24, 2.45) is 5.14 Å². The second-order valence-corrected chi connectivity index (χ2v) is 6.07. The molecule has 0 spiro atoms. The third-order valence-electron chi connectivity index (χ3n) is 2.73. The molecule has 0 saturated heterocycles. The van der Waals surface area contributed by atoms with Crippen molar-refractivity contribution in [3.63, 3.8) is 0 Å². The lowest BCUT2D eigenvalue weighted by atomic mass is 10.1. The van der Waals surface area contributed by atoms with Gasteiger partial charge in [0.25, 0.3) is 5.91 Å². The zero-order valence-electron chi connectivity index (χ0n) is 12.3. The fraction of sp³-hybridized carbons (Fsp3) is 0.286. The van der Waals surface area contributed by atoms with Crippen LogP contribution in [0.2, 0.25) is 0 Å². The van der Waals surface area contributed by atoms with Crippen molar-refractivity contribution < 1.29 is 22.7 Å². The average Bonchev–Trinajstić information content (AvgIpc) is 2.44. The minimum Gasteiger partial charge on any atom is -0.452 e. The number of carbonyl (C=O) groups is 2. The Morgan fingerprint density at radius 1 is 1.32 bits per heavy atom. The van der Waals surface area contributed by atoms with Crippen molar-refractivity contribution in [2.75, 3.05) is 6.61 Å². The molecule has 0 fully saturated rings. The number of nitrogens with two attached hydrogens (primary N) is 1. The van der Waals surface area contributed by atoms with E-state index in [0.29, 0.717) is 5.56 Å². The van der Waals surface area contributed by atoms with E-state index in [-0.39, 0.29) is 17.5 Å². The molecule has 1 rings (SSSR count). The third kappa shape index (κ3) is 5.66. The first kappa shape index (κ1) is 17.9. The Bertz CT molecular complexity index is 665. The summed E-state index contributed by atoms with van der Waals surface area (Å²) in [6.45, 7) is 3.00.